The number of aromatic nitrogens is 4. The topological polar surface area (TPSA) is 218 Å². The minimum atomic E-state index is -1.51. The zero-order valence-electron chi connectivity index (χ0n) is 19.0. The molecule has 0 unspecified atom stereocenters. The molecule has 0 spiro atoms. The lowest BCUT2D eigenvalue weighted by molar-refractivity contribution is -0.767. The standard InChI is InChI=1S/C19H23N9O6S2/c1-2-34-24-11(14-23-19(21)36-25-14)15(30)22-12-16(31)28-13(18(32)33)9(8-35-17(12)28)7-26-4-3-10(20)27(26)5-6-29/h3-4,12,17,20,29H,2,5-8H2,1H3,(H4,21,22,23,25,30,32,33)/t12-,17-/m1/s1. The van der Waals surface area contributed by atoms with E-state index in [4.69, 9.17) is 16.3 Å². The van der Waals surface area contributed by atoms with Crippen molar-refractivity contribution in [3.63, 3.8) is 0 Å². The highest BCUT2D eigenvalue weighted by Crippen LogP contribution is 2.40. The van der Waals surface area contributed by atoms with Crippen LogP contribution < -0.4 is 26.6 Å². The van der Waals surface area contributed by atoms with Gasteiger partial charge in [-0.05, 0) is 6.92 Å². The minimum absolute atomic E-state index is 0.0526. The molecule has 2 aromatic rings. The van der Waals surface area contributed by atoms with Crippen molar-refractivity contribution in [2.75, 3.05) is 30.4 Å². The number of β-lactam (4-membered cyclic amide) rings is 1. The highest BCUT2D eigenvalue weighted by Gasteiger charge is 2.53. The number of carboxylic acids is 1. The smallest absolute Gasteiger partial charge is 0.278 e. The number of thioether (sulfide) groups is 1. The summed E-state index contributed by atoms with van der Waals surface area (Å²) in [5.41, 5.74) is 11.4. The number of oxime groups is 1. The van der Waals surface area contributed by atoms with E-state index < -0.39 is 29.2 Å². The molecular weight excluding hydrogens is 514 g/mol. The summed E-state index contributed by atoms with van der Waals surface area (Å²) in [6, 6.07) is 0.614. The second-order valence-electron chi connectivity index (χ2n) is 7.60. The average Bonchev–Trinajstić information content (AvgIpc) is 3.43. The first kappa shape index (κ1) is 25.4. The summed E-state index contributed by atoms with van der Waals surface area (Å²) in [5.74, 6) is -2.30. The number of amides is 2. The molecule has 4 heterocycles. The maximum atomic E-state index is 13.0. The van der Waals surface area contributed by atoms with Gasteiger partial charge in [-0.25, -0.2) is 0 Å². The number of aliphatic hydroxyl groups excluding tert-OH is 1. The third-order valence-electron chi connectivity index (χ3n) is 5.37. The Morgan fingerprint density at radius 2 is 2.22 bits per heavy atom. The first-order valence-corrected chi connectivity index (χ1v) is 12.5. The van der Waals surface area contributed by atoms with E-state index in [9.17, 15) is 24.6 Å². The molecule has 36 heavy (non-hydrogen) atoms. The number of hydrogen-bond acceptors (Lipinski definition) is 13. The molecule has 0 aliphatic carbocycles. The number of rotatable bonds is 10. The largest absolute Gasteiger partial charge is 0.543 e. The molecule has 1 fully saturated rings. The fourth-order valence-corrected chi connectivity index (χ4v) is 5.58. The molecule has 0 saturated carbocycles. The fourth-order valence-electron chi connectivity index (χ4n) is 3.81. The zero-order valence-corrected chi connectivity index (χ0v) is 20.6. The van der Waals surface area contributed by atoms with Gasteiger partial charge in [-0.15, -0.1) is 21.1 Å². The lowest BCUT2D eigenvalue weighted by Gasteiger charge is -2.50. The van der Waals surface area contributed by atoms with Gasteiger partial charge in [0.25, 0.3) is 11.8 Å². The molecule has 2 atom stereocenters. The number of nitrogen functional groups attached to an aromatic ring is 2. The fraction of sp³-hybridized carbons (Fsp3) is 0.421. The van der Waals surface area contributed by atoms with Crippen LogP contribution in [-0.4, -0.2) is 77.9 Å². The highest BCUT2D eigenvalue weighted by molar-refractivity contribution is 8.00. The lowest BCUT2D eigenvalue weighted by Crippen LogP contribution is -2.71. The molecular formula is C19H23N9O6S2. The average molecular weight is 538 g/mol. The Kier molecular flexibility index (Phi) is 7.41. The van der Waals surface area contributed by atoms with Crippen LogP contribution in [-0.2, 0) is 32.3 Å². The normalized spacial score (nSPS) is 19.7. The monoisotopic (exact) mass is 537 g/mol. The van der Waals surface area contributed by atoms with Crippen molar-refractivity contribution in [1.82, 2.24) is 24.3 Å². The summed E-state index contributed by atoms with van der Waals surface area (Å²) in [4.78, 5) is 48.0. The van der Waals surface area contributed by atoms with E-state index >= 15 is 0 Å². The number of nitrogens with zero attached hydrogens (tertiary/aromatic N) is 6. The molecule has 15 nitrogen and oxygen atoms in total. The molecule has 0 aromatic carbocycles. The van der Waals surface area contributed by atoms with Crippen LogP contribution in [0.4, 0.5) is 10.9 Å². The Labute approximate surface area is 212 Å². The second kappa shape index (κ2) is 10.5. The van der Waals surface area contributed by atoms with Crippen LogP contribution in [0.1, 0.15) is 12.7 Å². The number of hydrogen-bond donors (Lipinski definition) is 4. The Morgan fingerprint density at radius 1 is 1.44 bits per heavy atom. The minimum Gasteiger partial charge on any atom is -0.543 e. The van der Waals surface area contributed by atoms with Gasteiger partial charge in [0.2, 0.25) is 11.5 Å². The first-order valence-electron chi connectivity index (χ1n) is 10.7. The summed E-state index contributed by atoms with van der Waals surface area (Å²) < 4.78 is 7.20. The van der Waals surface area contributed by atoms with Crippen molar-refractivity contribution in [3.05, 3.63) is 29.4 Å². The van der Waals surface area contributed by atoms with Crippen molar-refractivity contribution in [1.29, 1.82) is 0 Å². The van der Waals surface area contributed by atoms with E-state index in [1.54, 1.807) is 28.6 Å². The van der Waals surface area contributed by atoms with Gasteiger partial charge in [-0.1, -0.05) is 5.16 Å². The molecule has 6 N–H and O–H groups in total. The quantitative estimate of drug-likeness (QED) is 0.101. The van der Waals surface area contributed by atoms with Gasteiger partial charge in [-0.3, -0.25) is 14.5 Å². The van der Waals surface area contributed by atoms with E-state index in [2.05, 4.69) is 19.8 Å². The van der Waals surface area contributed by atoms with Gasteiger partial charge in [0.15, 0.2) is 23.7 Å². The van der Waals surface area contributed by atoms with Crippen LogP contribution in [0.3, 0.4) is 0 Å². The maximum absolute atomic E-state index is 13.0. The summed E-state index contributed by atoms with van der Waals surface area (Å²) in [7, 11) is 0. The Bertz CT molecular complexity index is 1260. The van der Waals surface area contributed by atoms with Crippen LogP contribution in [0.2, 0.25) is 0 Å². The molecule has 0 bridgehead atoms. The number of carboxylic acid groups (broad SMARTS) is 1. The maximum Gasteiger partial charge on any atom is 0.278 e. The van der Waals surface area contributed by atoms with Crippen LogP contribution >= 0.6 is 23.3 Å². The van der Waals surface area contributed by atoms with Crippen molar-refractivity contribution >= 4 is 57.7 Å². The van der Waals surface area contributed by atoms with Crippen LogP contribution in [0, 0.1) is 0 Å². The van der Waals surface area contributed by atoms with E-state index in [1.807, 2.05) is 0 Å². The van der Waals surface area contributed by atoms with Crippen molar-refractivity contribution in [2.45, 2.75) is 31.4 Å². The Morgan fingerprint density at radius 3 is 2.86 bits per heavy atom. The van der Waals surface area contributed by atoms with Crippen LogP contribution in [0.25, 0.3) is 0 Å². The summed E-state index contributed by atoms with van der Waals surface area (Å²) in [6.07, 6.45) is 1.65. The molecule has 1 saturated heterocycles. The molecule has 2 amide bonds. The summed E-state index contributed by atoms with van der Waals surface area (Å²) in [6.45, 7) is 2.02. The molecule has 17 heteroatoms. The van der Waals surface area contributed by atoms with Gasteiger partial charge < -0.3 is 36.6 Å². The van der Waals surface area contributed by atoms with Gasteiger partial charge in [0.05, 0.1) is 24.3 Å². The van der Waals surface area contributed by atoms with E-state index in [0.717, 1.165) is 16.4 Å². The first-order chi connectivity index (χ1) is 17.3. The van der Waals surface area contributed by atoms with Crippen molar-refractivity contribution in [2.24, 2.45) is 5.16 Å². The van der Waals surface area contributed by atoms with Crippen molar-refractivity contribution in [3.8, 4) is 0 Å². The zero-order chi connectivity index (χ0) is 26.0. The number of carbonyl (C=O) groups is 3. The molecule has 192 valence electrons. The Hall–Kier alpha value is -3.70. The van der Waals surface area contributed by atoms with Gasteiger partial charge in [0, 0.05) is 22.9 Å². The third-order valence-corrected chi connectivity index (χ3v) is 7.25. The van der Waals surface area contributed by atoms with E-state index in [-0.39, 0.29) is 54.4 Å². The SMILES string of the molecule is CCON=C(C(=O)N[C@@H]1C(=O)N2C(C(=O)[O-])=C(C[n+]3ccc(N)n3CCO)CS[C@H]12)c1nsc(N)n1. The van der Waals surface area contributed by atoms with Crippen LogP contribution in [0.5, 0.6) is 0 Å². The highest BCUT2D eigenvalue weighted by atomic mass is 32.2. The number of carbonyl (C=O) groups excluding carboxylic acids is 3. The third kappa shape index (κ3) is 4.71. The van der Waals surface area contributed by atoms with Crippen molar-refractivity contribution < 1.29 is 34.1 Å². The number of nitrogens with one attached hydrogen (secondary N) is 1. The molecule has 0 radical (unpaired) electrons. The predicted octanol–water partition coefficient (Wildman–Crippen LogP) is -3.37. The van der Waals surface area contributed by atoms with Gasteiger partial charge in [-0.2, -0.15) is 9.36 Å². The lowest BCUT2D eigenvalue weighted by atomic mass is 10.0. The number of nitrogens with two attached hydrogens (primary N) is 2. The summed E-state index contributed by atoms with van der Waals surface area (Å²) in [5, 5.41) is 27.1. The molecule has 2 aliphatic rings. The van der Waals surface area contributed by atoms with Gasteiger partial charge >= 0.3 is 0 Å². The van der Waals surface area contributed by atoms with E-state index in [1.165, 1.54) is 11.8 Å². The number of aliphatic hydroxyl groups is 1. The molecule has 2 aromatic heterocycles. The van der Waals surface area contributed by atoms with Crippen LogP contribution in [0.15, 0.2) is 28.7 Å². The number of aliphatic carboxylic acids is 1. The number of fused-ring (bicyclic) bond motifs is 1. The Balaban J connectivity index is 1.54. The summed E-state index contributed by atoms with van der Waals surface area (Å²) >= 11 is 2.16. The molecule has 4 rings (SSSR count). The second-order valence-corrected chi connectivity index (χ2v) is 9.49. The van der Waals surface area contributed by atoms with Gasteiger partial charge in [0.1, 0.15) is 24.6 Å². The molecule has 2 aliphatic heterocycles. The number of anilines is 2. The van der Waals surface area contributed by atoms with E-state index in [0.29, 0.717) is 11.4 Å². The predicted molar refractivity (Wildman–Crippen MR) is 126 cm³/mol.